The monoisotopic (exact) mass is 310 g/mol. The van der Waals surface area contributed by atoms with E-state index in [0.29, 0.717) is 12.0 Å². The van der Waals surface area contributed by atoms with Crippen molar-refractivity contribution in [2.24, 2.45) is 5.92 Å². The van der Waals surface area contributed by atoms with Crippen molar-refractivity contribution in [3.05, 3.63) is 35.4 Å². The average molecular weight is 311 g/mol. The highest BCUT2D eigenvalue weighted by Crippen LogP contribution is 2.31. The summed E-state index contributed by atoms with van der Waals surface area (Å²) in [5, 5.41) is 0.875. The van der Waals surface area contributed by atoms with Crippen LogP contribution in [0.5, 0.6) is 0 Å². The molecule has 0 saturated heterocycles. The fourth-order valence-corrected chi connectivity index (χ4v) is 3.30. The van der Waals surface area contributed by atoms with Crippen LogP contribution >= 0.6 is 15.9 Å². The molecule has 1 saturated carbocycles. The SMILES string of the molecule is Cc1cccc(C(CBr)OC2CCCCC2C)c1. The number of hydrogen-bond acceptors (Lipinski definition) is 1. The third-order valence-electron chi connectivity index (χ3n) is 3.93. The molecule has 1 aromatic rings. The summed E-state index contributed by atoms with van der Waals surface area (Å²) >= 11 is 3.60. The molecular formula is C16H23BrO. The minimum atomic E-state index is 0.190. The van der Waals surface area contributed by atoms with Crippen molar-refractivity contribution in [1.29, 1.82) is 0 Å². The molecule has 0 aliphatic heterocycles. The van der Waals surface area contributed by atoms with Gasteiger partial charge in [-0.25, -0.2) is 0 Å². The summed E-state index contributed by atoms with van der Waals surface area (Å²) in [4.78, 5) is 0. The average Bonchev–Trinajstić information content (AvgIpc) is 2.38. The van der Waals surface area contributed by atoms with Crippen LogP contribution in [0.15, 0.2) is 24.3 Å². The molecule has 1 nitrogen and oxygen atoms in total. The van der Waals surface area contributed by atoms with Crippen molar-refractivity contribution < 1.29 is 4.74 Å². The summed E-state index contributed by atoms with van der Waals surface area (Å²) in [5.74, 6) is 0.699. The van der Waals surface area contributed by atoms with Gasteiger partial charge in [0.15, 0.2) is 0 Å². The maximum absolute atomic E-state index is 6.35. The highest BCUT2D eigenvalue weighted by Gasteiger charge is 2.25. The first-order valence-corrected chi connectivity index (χ1v) is 8.11. The molecule has 0 spiro atoms. The van der Waals surface area contributed by atoms with Crippen LogP contribution in [0.4, 0.5) is 0 Å². The summed E-state index contributed by atoms with van der Waals surface area (Å²) in [5.41, 5.74) is 2.60. The number of ether oxygens (including phenoxy) is 1. The second-order valence-corrected chi connectivity index (χ2v) is 6.14. The number of rotatable bonds is 4. The van der Waals surface area contributed by atoms with E-state index < -0.39 is 0 Å². The van der Waals surface area contributed by atoms with Gasteiger partial charge in [0.2, 0.25) is 0 Å². The van der Waals surface area contributed by atoms with Crippen LogP contribution in [0.1, 0.15) is 49.8 Å². The molecule has 0 radical (unpaired) electrons. The molecule has 18 heavy (non-hydrogen) atoms. The lowest BCUT2D eigenvalue weighted by Crippen LogP contribution is -2.27. The maximum Gasteiger partial charge on any atom is 0.0925 e. The van der Waals surface area contributed by atoms with E-state index in [4.69, 9.17) is 4.74 Å². The van der Waals surface area contributed by atoms with Gasteiger partial charge in [0.25, 0.3) is 0 Å². The van der Waals surface area contributed by atoms with E-state index in [0.717, 1.165) is 5.33 Å². The third-order valence-corrected chi connectivity index (χ3v) is 4.51. The zero-order chi connectivity index (χ0) is 13.0. The highest BCUT2D eigenvalue weighted by atomic mass is 79.9. The van der Waals surface area contributed by atoms with Crippen LogP contribution in [-0.2, 0) is 4.74 Å². The first-order chi connectivity index (χ1) is 8.70. The molecule has 0 amide bonds. The van der Waals surface area contributed by atoms with E-state index in [1.165, 1.54) is 36.8 Å². The van der Waals surface area contributed by atoms with Gasteiger partial charge in [-0.3, -0.25) is 0 Å². The van der Waals surface area contributed by atoms with Gasteiger partial charge in [0, 0.05) is 5.33 Å². The minimum Gasteiger partial charge on any atom is -0.369 e. The standard InChI is InChI=1S/C16H23BrO/c1-12-6-5-8-14(10-12)16(11-17)18-15-9-4-3-7-13(15)2/h5-6,8,10,13,15-16H,3-4,7,9,11H2,1-2H3. The Labute approximate surface area is 119 Å². The summed E-state index contributed by atoms with van der Waals surface area (Å²) in [7, 11) is 0. The zero-order valence-electron chi connectivity index (χ0n) is 11.4. The molecule has 0 bridgehead atoms. The van der Waals surface area contributed by atoms with Gasteiger partial charge in [0.05, 0.1) is 12.2 Å². The maximum atomic E-state index is 6.35. The molecule has 1 aliphatic carbocycles. The Morgan fingerprint density at radius 3 is 2.78 bits per heavy atom. The summed E-state index contributed by atoms with van der Waals surface area (Å²) in [6.07, 6.45) is 5.84. The lowest BCUT2D eigenvalue weighted by molar-refractivity contribution is -0.0468. The molecule has 2 heteroatoms. The van der Waals surface area contributed by atoms with Crippen molar-refractivity contribution >= 4 is 15.9 Å². The summed E-state index contributed by atoms with van der Waals surface area (Å²) in [6, 6.07) is 8.66. The molecule has 1 aliphatic rings. The molecule has 0 N–H and O–H groups in total. The minimum absolute atomic E-state index is 0.190. The van der Waals surface area contributed by atoms with Crippen molar-refractivity contribution in [3.63, 3.8) is 0 Å². The van der Waals surface area contributed by atoms with E-state index in [1.54, 1.807) is 0 Å². The Balaban J connectivity index is 2.04. The van der Waals surface area contributed by atoms with Crippen LogP contribution in [-0.4, -0.2) is 11.4 Å². The number of alkyl halides is 1. The first-order valence-electron chi connectivity index (χ1n) is 6.98. The van der Waals surface area contributed by atoms with Gasteiger partial charge in [-0.2, -0.15) is 0 Å². The normalized spacial score (nSPS) is 25.9. The van der Waals surface area contributed by atoms with Crippen molar-refractivity contribution in [1.82, 2.24) is 0 Å². The van der Waals surface area contributed by atoms with Crippen molar-refractivity contribution in [2.45, 2.75) is 51.7 Å². The van der Waals surface area contributed by atoms with Gasteiger partial charge < -0.3 is 4.74 Å². The Morgan fingerprint density at radius 1 is 1.33 bits per heavy atom. The predicted octanol–water partition coefficient (Wildman–Crippen LogP) is 5.03. The fourth-order valence-electron chi connectivity index (χ4n) is 2.77. The largest absolute Gasteiger partial charge is 0.369 e. The van der Waals surface area contributed by atoms with Crippen LogP contribution in [0, 0.1) is 12.8 Å². The second kappa shape index (κ2) is 6.72. The van der Waals surface area contributed by atoms with Gasteiger partial charge in [0.1, 0.15) is 0 Å². The number of benzene rings is 1. The Kier molecular flexibility index (Phi) is 5.25. The first kappa shape index (κ1) is 14.1. The van der Waals surface area contributed by atoms with E-state index >= 15 is 0 Å². The Bertz CT molecular complexity index is 377. The second-order valence-electron chi connectivity index (χ2n) is 5.49. The van der Waals surface area contributed by atoms with Crippen LogP contribution < -0.4 is 0 Å². The van der Waals surface area contributed by atoms with E-state index in [9.17, 15) is 0 Å². The quantitative estimate of drug-likeness (QED) is 0.709. The van der Waals surface area contributed by atoms with Crippen molar-refractivity contribution in [3.8, 4) is 0 Å². The molecule has 0 aromatic heterocycles. The molecule has 3 atom stereocenters. The highest BCUT2D eigenvalue weighted by molar-refractivity contribution is 9.09. The van der Waals surface area contributed by atoms with E-state index in [1.807, 2.05) is 0 Å². The predicted molar refractivity (Wildman–Crippen MR) is 80.2 cm³/mol. The molecule has 1 aromatic carbocycles. The van der Waals surface area contributed by atoms with Crippen LogP contribution in [0.25, 0.3) is 0 Å². The lowest BCUT2D eigenvalue weighted by atomic mass is 9.88. The van der Waals surface area contributed by atoms with Gasteiger partial charge >= 0.3 is 0 Å². The summed E-state index contributed by atoms with van der Waals surface area (Å²) in [6.45, 7) is 4.46. The molecule has 2 rings (SSSR count). The summed E-state index contributed by atoms with van der Waals surface area (Å²) < 4.78 is 6.35. The molecule has 0 heterocycles. The van der Waals surface area contributed by atoms with E-state index in [-0.39, 0.29) is 6.10 Å². The molecule has 100 valence electrons. The smallest absolute Gasteiger partial charge is 0.0925 e. The van der Waals surface area contributed by atoms with Crippen LogP contribution in [0.3, 0.4) is 0 Å². The Morgan fingerprint density at radius 2 is 2.11 bits per heavy atom. The lowest BCUT2D eigenvalue weighted by Gasteiger charge is -2.32. The van der Waals surface area contributed by atoms with Crippen molar-refractivity contribution in [2.75, 3.05) is 5.33 Å². The third kappa shape index (κ3) is 3.58. The fraction of sp³-hybridized carbons (Fsp3) is 0.625. The zero-order valence-corrected chi connectivity index (χ0v) is 12.9. The van der Waals surface area contributed by atoms with Gasteiger partial charge in [-0.1, -0.05) is 65.5 Å². The molecule has 1 fully saturated rings. The topological polar surface area (TPSA) is 9.23 Å². The molecular weight excluding hydrogens is 288 g/mol. The number of hydrogen-bond donors (Lipinski definition) is 0. The van der Waals surface area contributed by atoms with E-state index in [2.05, 4.69) is 54.0 Å². The number of aryl methyl sites for hydroxylation is 1. The van der Waals surface area contributed by atoms with Gasteiger partial charge in [-0.15, -0.1) is 0 Å². The van der Waals surface area contributed by atoms with Crippen LogP contribution in [0.2, 0.25) is 0 Å². The van der Waals surface area contributed by atoms with Gasteiger partial charge in [-0.05, 0) is 31.2 Å². The molecule has 3 unspecified atom stereocenters. The Hall–Kier alpha value is -0.340. The number of halogens is 1.